The summed E-state index contributed by atoms with van der Waals surface area (Å²) >= 11 is 0. The van der Waals surface area contributed by atoms with Crippen molar-refractivity contribution in [3.05, 3.63) is 0 Å². The third-order valence-electron chi connectivity index (χ3n) is 2.08. The largest absolute Gasteiger partial charge is 0.359 e. The van der Waals surface area contributed by atoms with Gasteiger partial charge in [-0.2, -0.15) is 0 Å². The van der Waals surface area contributed by atoms with Crippen LogP contribution >= 0.6 is 0 Å². The van der Waals surface area contributed by atoms with Gasteiger partial charge in [0.1, 0.15) is 0 Å². The predicted molar refractivity (Wildman–Crippen MR) is 58.7 cm³/mol. The van der Waals surface area contributed by atoms with Gasteiger partial charge in [0.15, 0.2) is 0 Å². The number of hydrogen-bond acceptors (Lipinski definition) is 4. The zero-order chi connectivity index (χ0) is 12.1. The zero-order valence-corrected chi connectivity index (χ0v) is 10.2. The van der Waals surface area contributed by atoms with Gasteiger partial charge in [0.2, 0.25) is 15.9 Å². The molecule has 0 rings (SSSR count). The Hall–Kier alpha value is -0.660. The van der Waals surface area contributed by atoms with Gasteiger partial charge in [-0.3, -0.25) is 4.79 Å². The highest BCUT2D eigenvalue weighted by Gasteiger charge is 2.21. The first-order valence-electron chi connectivity index (χ1n) is 4.70. The molecule has 3 N–H and O–H groups in total. The summed E-state index contributed by atoms with van der Waals surface area (Å²) in [7, 11) is -0.349. The normalized spacial score (nSPS) is 13.9. The van der Waals surface area contributed by atoms with E-state index in [1.54, 1.807) is 6.92 Å². The van der Waals surface area contributed by atoms with E-state index in [1.807, 2.05) is 0 Å². The van der Waals surface area contributed by atoms with E-state index < -0.39 is 10.0 Å². The molecule has 1 atom stereocenters. The van der Waals surface area contributed by atoms with Gasteiger partial charge >= 0.3 is 0 Å². The number of nitrogens with two attached hydrogens (primary N) is 1. The lowest BCUT2D eigenvalue weighted by molar-refractivity contribution is -0.124. The minimum absolute atomic E-state index is 0.0844. The molecule has 6 nitrogen and oxygen atoms in total. The molecule has 0 aromatic carbocycles. The van der Waals surface area contributed by atoms with Crippen molar-refractivity contribution in [1.82, 2.24) is 9.62 Å². The Morgan fingerprint density at radius 1 is 1.53 bits per heavy atom. The Morgan fingerprint density at radius 3 is 2.47 bits per heavy atom. The molecule has 15 heavy (non-hydrogen) atoms. The van der Waals surface area contributed by atoms with Crippen molar-refractivity contribution in [3.8, 4) is 0 Å². The lowest BCUT2D eigenvalue weighted by Crippen LogP contribution is -2.39. The Labute approximate surface area is 90.9 Å². The minimum Gasteiger partial charge on any atom is -0.359 e. The van der Waals surface area contributed by atoms with E-state index >= 15 is 0 Å². The van der Waals surface area contributed by atoms with Gasteiger partial charge in [0.05, 0.1) is 5.75 Å². The van der Waals surface area contributed by atoms with Gasteiger partial charge in [-0.15, -0.1) is 0 Å². The standard InChI is InChI=1S/C8H19N3O3S/c1-7(8(12)10-2)6-11(3)15(13,14)5-4-9/h7H,4-6,9H2,1-3H3,(H,10,12). The number of hydrogen-bond donors (Lipinski definition) is 2. The van der Waals surface area contributed by atoms with Gasteiger partial charge in [-0.1, -0.05) is 6.92 Å². The van der Waals surface area contributed by atoms with Gasteiger partial charge < -0.3 is 11.1 Å². The highest BCUT2D eigenvalue weighted by Crippen LogP contribution is 2.03. The highest BCUT2D eigenvalue weighted by atomic mass is 32.2. The number of carbonyl (C=O) groups is 1. The lowest BCUT2D eigenvalue weighted by Gasteiger charge is -2.19. The van der Waals surface area contributed by atoms with Crippen LogP contribution < -0.4 is 11.1 Å². The number of nitrogens with zero attached hydrogens (tertiary/aromatic N) is 1. The van der Waals surface area contributed by atoms with E-state index in [-0.39, 0.29) is 30.7 Å². The van der Waals surface area contributed by atoms with E-state index in [9.17, 15) is 13.2 Å². The maximum absolute atomic E-state index is 11.5. The molecule has 0 aliphatic rings. The van der Waals surface area contributed by atoms with Gasteiger partial charge in [0.25, 0.3) is 0 Å². The summed E-state index contributed by atoms with van der Waals surface area (Å²) in [4.78, 5) is 11.2. The summed E-state index contributed by atoms with van der Waals surface area (Å²) < 4.78 is 24.1. The molecule has 7 heteroatoms. The van der Waals surface area contributed by atoms with Crippen LogP contribution in [0.3, 0.4) is 0 Å². The van der Waals surface area contributed by atoms with Crippen LogP contribution in [0.15, 0.2) is 0 Å². The molecule has 90 valence electrons. The third kappa shape index (κ3) is 4.59. The number of nitrogens with one attached hydrogen (secondary N) is 1. The molecule has 0 aromatic rings. The summed E-state index contributed by atoms with van der Waals surface area (Å²) in [5.74, 6) is -0.637. The monoisotopic (exact) mass is 237 g/mol. The average molecular weight is 237 g/mol. The van der Waals surface area contributed by atoms with Crippen molar-refractivity contribution in [3.63, 3.8) is 0 Å². The van der Waals surface area contributed by atoms with E-state index in [1.165, 1.54) is 18.4 Å². The SMILES string of the molecule is CNC(=O)C(C)CN(C)S(=O)(=O)CCN. The first kappa shape index (κ1) is 14.3. The molecule has 1 unspecified atom stereocenters. The Morgan fingerprint density at radius 2 is 2.07 bits per heavy atom. The maximum atomic E-state index is 11.5. The summed E-state index contributed by atoms with van der Waals surface area (Å²) in [5.41, 5.74) is 5.18. The molecular formula is C8H19N3O3S. The fourth-order valence-corrected chi connectivity index (χ4v) is 2.19. The second kappa shape index (κ2) is 6.04. The van der Waals surface area contributed by atoms with Crippen molar-refractivity contribution in [2.24, 2.45) is 11.7 Å². The molecule has 1 amide bonds. The van der Waals surface area contributed by atoms with E-state index in [2.05, 4.69) is 5.32 Å². The lowest BCUT2D eigenvalue weighted by atomic mass is 10.2. The molecule has 0 aromatic heterocycles. The number of carbonyl (C=O) groups excluding carboxylic acids is 1. The predicted octanol–water partition coefficient (Wildman–Crippen LogP) is -1.41. The fourth-order valence-electron chi connectivity index (χ4n) is 1.13. The molecule has 0 fully saturated rings. The van der Waals surface area contributed by atoms with Crippen molar-refractivity contribution in [2.45, 2.75) is 6.92 Å². The Balaban J connectivity index is 4.36. The topological polar surface area (TPSA) is 92.5 Å². The zero-order valence-electron chi connectivity index (χ0n) is 9.36. The molecule has 0 heterocycles. The minimum atomic E-state index is -3.32. The van der Waals surface area contributed by atoms with Crippen molar-refractivity contribution in [1.29, 1.82) is 0 Å². The second-order valence-electron chi connectivity index (χ2n) is 3.40. The van der Waals surface area contributed by atoms with Crippen LogP contribution in [0.5, 0.6) is 0 Å². The first-order chi connectivity index (χ1) is 6.85. The van der Waals surface area contributed by atoms with Crippen molar-refractivity contribution >= 4 is 15.9 Å². The van der Waals surface area contributed by atoms with Crippen LogP contribution in [0.4, 0.5) is 0 Å². The van der Waals surface area contributed by atoms with Crippen LogP contribution in [0.25, 0.3) is 0 Å². The van der Waals surface area contributed by atoms with Crippen LogP contribution in [0.1, 0.15) is 6.92 Å². The summed E-state index contributed by atoms with van der Waals surface area (Å²) in [6.07, 6.45) is 0. The van der Waals surface area contributed by atoms with Gasteiger partial charge in [-0.05, 0) is 0 Å². The molecule has 0 spiro atoms. The van der Waals surface area contributed by atoms with Crippen molar-refractivity contribution < 1.29 is 13.2 Å². The Kier molecular flexibility index (Phi) is 5.77. The van der Waals surface area contributed by atoms with E-state index in [0.29, 0.717) is 0 Å². The molecule has 0 radical (unpaired) electrons. The average Bonchev–Trinajstić information content (AvgIpc) is 2.16. The third-order valence-corrected chi connectivity index (χ3v) is 3.93. The second-order valence-corrected chi connectivity index (χ2v) is 5.60. The summed E-state index contributed by atoms with van der Waals surface area (Å²) in [6.45, 7) is 1.93. The molecular weight excluding hydrogens is 218 g/mol. The number of rotatable bonds is 6. The summed E-state index contributed by atoms with van der Waals surface area (Å²) in [6, 6.07) is 0. The molecule has 0 saturated carbocycles. The number of sulfonamides is 1. The maximum Gasteiger partial charge on any atom is 0.223 e. The smallest absolute Gasteiger partial charge is 0.223 e. The highest BCUT2D eigenvalue weighted by molar-refractivity contribution is 7.89. The van der Waals surface area contributed by atoms with Crippen LogP contribution in [-0.2, 0) is 14.8 Å². The van der Waals surface area contributed by atoms with E-state index in [0.717, 1.165) is 0 Å². The van der Waals surface area contributed by atoms with Crippen LogP contribution in [0.2, 0.25) is 0 Å². The van der Waals surface area contributed by atoms with Gasteiger partial charge in [0, 0.05) is 33.1 Å². The van der Waals surface area contributed by atoms with Crippen LogP contribution in [0, 0.1) is 5.92 Å². The number of amides is 1. The van der Waals surface area contributed by atoms with E-state index in [4.69, 9.17) is 5.73 Å². The molecule has 0 saturated heterocycles. The fraction of sp³-hybridized carbons (Fsp3) is 0.875. The molecule has 0 aliphatic carbocycles. The van der Waals surface area contributed by atoms with Gasteiger partial charge in [-0.25, -0.2) is 12.7 Å². The van der Waals surface area contributed by atoms with Crippen molar-refractivity contribution in [2.75, 3.05) is 32.9 Å². The summed E-state index contributed by atoms with van der Waals surface area (Å²) in [5, 5.41) is 2.47. The first-order valence-corrected chi connectivity index (χ1v) is 6.31. The quantitative estimate of drug-likeness (QED) is 0.593. The Bertz CT molecular complexity index is 302. The molecule has 0 bridgehead atoms. The molecule has 0 aliphatic heterocycles. The van der Waals surface area contributed by atoms with Crippen LogP contribution in [-0.4, -0.2) is 51.6 Å².